The van der Waals surface area contributed by atoms with E-state index in [1.165, 1.54) is 6.92 Å². The molecule has 3 rings (SSSR count). The molecular formula is C18H28N4O2. The zero-order chi connectivity index (χ0) is 17.1. The fourth-order valence-corrected chi connectivity index (χ4v) is 4.17. The van der Waals surface area contributed by atoms with Gasteiger partial charge < -0.3 is 10.2 Å². The lowest BCUT2D eigenvalue weighted by Crippen LogP contribution is -2.53. The van der Waals surface area contributed by atoms with Crippen LogP contribution in [0, 0.1) is 12.8 Å². The highest BCUT2D eigenvalue weighted by atomic mass is 16.2. The van der Waals surface area contributed by atoms with Gasteiger partial charge in [-0.1, -0.05) is 12.8 Å². The van der Waals surface area contributed by atoms with Crippen molar-refractivity contribution in [3.63, 3.8) is 0 Å². The van der Waals surface area contributed by atoms with Gasteiger partial charge in [-0.2, -0.15) is 5.10 Å². The lowest BCUT2D eigenvalue weighted by Gasteiger charge is -2.31. The van der Waals surface area contributed by atoms with Crippen molar-refractivity contribution in [3.05, 3.63) is 18.0 Å². The van der Waals surface area contributed by atoms with Gasteiger partial charge in [0, 0.05) is 19.7 Å². The molecule has 0 unspecified atom stereocenters. The average molecular weight is 332 g/mol. The van der Waals surface area contributed by atoms with Crippen molar-refractivity contribution in [3.8, 4) is 0 Å². The number of likely N-dealkylation sites (tertiary alicyclic amines) is 1. The predicted octanol–water partition coefficient (Wildman–Crippen LogP) is 1.88. The molecule has 6 heteroatoms. The fourth-order valence-electron chi connectivity index (χ4n) is 4.17. The van der Waals surface area contributed by atoms with Crippen molar-refractivity contribution in [1.29, 1.82) is 0 Å². The second kappa shape index (κ2) is 7.36. The molecule has 24 heavy (non-hydrogen) atoms. The second-order valence-electron chi connectivity index (χ2n) is 7.29. The largest absolute Gasteiger partial charge is 0.344 e. The molecule has 1 saturated heterocycles. The van der Waals surface area contributed by atoms with E-state index in [2.05, 4.69) is 10.4 Å². The van der Waals surface area contributed by atoms with Crippen molar-refractivity contribution in [2.45, 2.75) is 71.0 Å². The molecule has 2 amide bonds. The zero-order valence-corrected chi connectivity index (χ0v) is 14.7. The minimum Gasteiger partial charge on any atom is -0.344 e. The van der Waals surface area contributed by atoms with Crippen LogP contribution in [0.5, 0.6) is 0 Å². The Balaban J connectivity index is 1.71. The lowest BCUT2D eigenvalue weighted by atomic mass is 9.96. The monoisotopic (exact) mass is 332 g/mol. The number of hydrogen-bond donors (Lipinski definition) is 1. The summed E-state index contributed by atoms with van der Waals surface area (Å²) < 4.78 is 1.93. The Morgan fingerprint density at radius 1 is 1.29 bits per heavy atom. The van der Waals surface area contributed by atoms with Crippen LogP contribution in [0.3, 0.4) is 0 Å². The molecule has 0 spiro atoms. The molecule has 2 atom stereocenters. The molecule has 1 aromatic heterocycles. The first kappa shape index (κ1) is 17.0. The number of amides is 2. The number of hydrogen-bond acceptors (Lipinski definition) is 3. The lowest BCUT2D eigenvalue weighted by molar-refractivity contribution is -0.138. The van der Waals surface area contributed by atoms with E-state index in [0.717, 1.165) is 57.2 Å². The van der Waals surface area contributed by atoms with E-state index < -0.39 is 0 Å². The third-order valence-corrected chi connectivity index (χ3v) is 5.32. The van der Waals surface area contributed by atoms with Crippen LogP contribution in [0.2, 0.25) is 0 Å². The summed E-state index contributed by atoms with van der Waals surface area (Å²) in [6.45, 7) is 5.04. The summed E-state index contributed by atoms with van der Waals surface area (Å²) in [6, 6.07) is -0.181. The summed E-state index contributed by atoms with van der Waals surface area (Å²) in [4.78, 5) is 26.7. The maximum absolute atomic E-state index is 13.2. The second-order valence-corrected chi connectivity index (χ2v) is 7.29. The smallest absolute Gasteiger partial charge is 0.245 e. The molecule has 2 fully saturated rings. The van der Waals surface area contributed by atoms with E-state index >= 15 is 0 Å². The quantitative estimate of drug-likeness (QED) is 0.895. The molecule has 1 aliphatic heterocycles. The molecule has 6 nitrogen and oxygen atoms in total. The minimum atomic E-state index is -0.357. The van der Waals surface area contributed by atoms with Gasteiger partial charge >= 0.3 is 0 Å². The number of rotatable bonds is 5. The maximum Gasteiger partial charge on any atom is 0.245 e. The molecule has 0 radical (unpaired) electrons. The Hall–Kier alpha value is -1.85. The van der Waals surface area contributed by atoms with E-state index in [1.807, 2.05) is 28.9 Å². The number of carbonyl (C=O) groups excluding carboxylic acids is 2. The first-order chi connectivity index (χ1) is 11.5. The van der Waals surface area contributed by atoms with Crippen molar-refractivity contribution in [2.24, 2.45) is 5.92 Å². The van der Waals surface area contributed by atoms with Crippen LogP contribution in [0.4, 0.5) is 0 Å². The summed E-state index contributed by atoms with van der Waals surface area (Å²) in [5, 5.41) is 7.29. The first-order valence-corrected chi connectivity index (χ1v) is 9.11. The topological polar surface area (TPSA) is 67.2 Å². The molecule has 1 saturated carbocycles. The number of carbonyl (C=O) groups is 2. The predicted molar refractivity (Wildman–Crippen MR) is 91.3 cm³/mol. The van der Waals surface area contributed by atoms with Crippen LogP contribution < -0.4 is 5.32 Å². The SMILES string of the molecule is CC(=O)N[C@@H](C(=O)N1CCC[C@@H]1Cn1cc(C)cn1)C1CCCC1. The molecule has 0 aromatic carbocycles. The van der Waals surface area contributed by atoms with E-state index in [9.17, 15) is 9.59 Å². The Labute approximate surface area is 143 Å². The van der Waals surface area contributed by atoms with Gasteiger partial charge in [0.05, 0.1) is 18.8 Å². The third kappa shape index (κ3) is 3.79. The van der Waals surface area contributed by atoms with Gasteiger partial charge in [-0.25, -0.2) is 0 Å². The summed E-state index contributed by atoms with van der Waals surface area (Å²) in [7, 11) is 0. The van der Waals surface area contributed by atoms with Gasteiger partial charge in [-0.05, 0) is 44.1 Å². The highest BCUT2D eigenvalue weighted by Gasteiger charge is 2.38. The maximum atomic E-state index is 13.2. The van der Waals surface area contributed by atoms with Gasteiger partial charge in [0.2, 0.25) is 11.8 Å². The molecule has 2 aliphatic rings. The Morgan fingerprint density at radius 2 is 2.04 bits per heavy atom. The van der Waals surface area contributed by atoms with Gasteiger partial charge in [0.15, 0.2) is 0 Å². The highest BCUT2D eigenvalue weighted by Crippen LogP contribution is 2.30. The molecular weight excluding hydrogens is 304 g/mol. The highest BCUT2D eigenvalue weighted by molar-refractivity contribution is 5.87. The van der Waals surface area contributed by atoms with Gasteiger partial charge in [0.1, 0.15) is 6.04 Å². The van der Waals surface area contributed by atoms with Crippen LogP contribution in [0.1, 0.15) is 51.0 Å². The minimum absolute atomic E-state index is 0.100. The van der Waals surface area contributed by atoms with E-state index in [1.54, 1.807) is 0 Å². The molecule has 1 aliphatic carbocycles. The van der Waals surface area contributed by atoms with Crippen LogP contribution >= 0.6 is 0 Å². The summed E-state index contributed by atoms with van der Waals surface area (Å²) in [5.41, 5.74) is 1.13. The number of nitrogens with zero attached hydrogens (tertiary/aromatic N) is 3. The van der Waals surface area contributed by atoms with Crippen molar-refractivity contribution in [1.82, 2.24) is 20.0 Å². The normalized spacial score (nSPS) is 22.8. The van der Waals surface area contributed by atoms with Gasteiger partial charge in [-0.15, -0.1) is 0 Å². The van der Waals surface area contributed by atoms with Crippen LogP contribution in [0.25, 0.3) is 0 Å². The first-order valence-electron chi connectivity index (χ1n) is 9.11. The number of aromatic nitrogens is 2. The van der Waals surface area contributed by atoms with Crippen LogP contribution in [-0.4, -0.2) is 45.1 Å². The summed E-state index contributed by atoms with van der Waals surface area (Å²) in [6.07, 6.45) is 10.3. The Kier molecular flexibility index (Phi) is 5.21. The van der Waals surface area contributed by atoms with Gasteiger partial charge in [0.25, 0.3) is 0 Å². The van der Waals surface area contributed by atoms with Gasteiger partial charge in [-0.3, -0.25) is 14.3 Å². The van der Waals surface area contributed by atoms with Crippen LogP contribution in [-0.2, 0) is 16.1 Å². The van der Waals surface area contributed by atoms with E-state index in [4.69, 9.17) is 0 Å². The standard InChI is InChI=1S/C18H28N4O2/c1-13-10-19-21(11-13)12-16-8-5-9-22(16)18(24)17(20-14(2)23)15-6-3-4-7-15/h10-11,15-17H,3-9,12H2,1-2H3,(H,20,23)/t16-,17-/m1/s1. The molecule has 1 N–H and O–H groups in total. The summed E-state index contributed by atoms with van der Waals surface area (Å²) >= 11 is 0. The Morgan fingerprint density at radius 3 is 2.67 bits per heavy atom. The molecule has 1 aromatic rings. The van der Waals surface area contributed by atoms with Crippen molar-refractivity contribution >= 4 is 11.8 Å². The molecule has 0 bridgehead atoms. The zero-order valence-electron chi connectivity index (χ0n) is 14.7. The van der Waals surface area contributed by atoms with E-state index in [0.29, 0.717) is 0 Å². The third-order valence-electron chi connectivity index (χ3n) is 5.32. The fraction of sp³-hybridized carbons (Fsp3) is 0.722. The molecule has 132 valence electrons. The van der Waals surface area contributed by atoms with Crippen LogP contribution in [0.15, 0.2) is 12.4 Å². The van der Waals surface area contributed by atoms with Crippen molar-refractivity contribution in [2.75, 3.05) is 6.54 Å². The average Bonchev–Trinajstić information content (AvgIpc) is 3.26. The van der Waals surface area contributed by atoms with Crippen molar-refractivity contribution < 1.29 is 9.59 Å². The number of aryl methyl sites for hydroxylation is 1. The van der Waals surface area contributed by atoms with E-state index in [-0.39, 0.29) is 29.8 Å². The summed E-state index contributed by atoms with van der Waals surface area (Å²) in [5.74, 6) is 0.275. The number of nitrogens with one attached hydrogen (secondary N) is 1. The Bertz CT molecular complexity index is 592. The molecule has 2 heterocycles.